The Morgan fingerprint density at radius 3 is 3.00 bits per heavy atom. The van der Waals surface area contributed by atoms with Gasteiger partial charge in [-0.25, -0.2) is 0 Å². The highest BCUT2D eigenvalue weighted by Gasteiger charge is 2.25. The average Bonchev–Trinajstić information content (AvgIpc) is 2.61. The molecule has 1 fully saturated rings. The zero-order valence-corrected chi connectivity index (χ0v) is 9.51. The van der Waals surface area contributed by atoms with Crippen LogP contribution in [0.25, 0.3) is 0 Å². The van der Waals surface area contributed by atoms with E-state index in [1.807, 2.05) is 0 Å². The summed E-state index contributed by atoms with van der Waals surface area (Å²) in [6.45, 7) is 0.698. The molecule has 7 heteroatoms. The third-order valence-electron chi connectivity index (χ3n) is 2.35. The van der Waals surface area contributed by atoms with Crippen LogP contribution in [0.2, 0.25) is 0 Å². The normalized spacial score (nSPS) is 21.5. The Bertz CT molecular complexity index is 373. The molecule has 0 radical (unpaired) electrons. The molecular weight excluding hydrogens is 266 g/mol. The van der Waals surface area contributed by atoms with Crippen molar-refractivity contribution in [3.63, 3.8) is 0 Å². The van der Waals surface area contributed by atoms with Crippen LogP contribution in [0.1, 0.15) is 25.5 Å². The number of aromatic nitrogens is 2. The fraction of sp³-hybridized carbons (Fsp3) is 0.625. The average molecular weight is 276 g/mol. The molecule has 1 aromatic heterocycles. The number of ether oxygens (including phenoxy) is 1. The molecule has 2 rings (SSSR count). The predicted octanol–water partition coefficient (Wildman–Crippen LogP) is 2.25. The third kappa shape index (κ3) is 2.03. The van der Waals surface area contributed by atoms with Crippen molar-refractivity contribution >= 4 is 21.7 Å². The van der Waals surface area contributed by atoms with Crippen LogP contribution in [0, 0.1) is 10.1 Å². The highest BCUT2D eigenvalue weighted by Crippen LogP contribution is 2.30. The van der Waals surface area contributed by atoms with Crippen LogP contribution in [0.4, 0.5) is 5.82 Å². The maximum absolute atomic E-state index is 10.6. The topological polar surface area (TPSA) is 70.2 Å². The molecule has 1 aliphatic heterocycles. The van der Waals surface area contributed by atoms with Gasteiger partial charge in [0, 0.05) is 6.61 Å². The molecule has 0 aromatic carbocycles. The molecule has 6 nitrogen and oxygen atoms in total. The lowest BCUT2D eigenvalue weighted by Crippen LogP contribution is -2.17. The zero-order chi connectivity index (χ0) is 10.8. The monoisotopic (exact) mass is 275 g/mol. The van der Waals surface area contributed by atoms with Gasteiger partial charge in [0.25, 0.3) is 0 Å². The standard InChI is InChI=1S/C8H10BrN3O3/c9-7-8(12(13)14)10-5-11(7)6-3-1-2-4-15-6/h5-6H,1-4H2. The maximum Gasteiger partial charge on any atom is 0.396 e. The van der Waals surface area contributed by atoms with Gasteiger partial charge in [0.2, 0.25) is 6.33 Å². The van der Waals surface area contributed by atoms with Crippen LogP contribution in [0.15, 0.2) is 10.9 Å². The van der Waals surface area contributed by atoms with Gasteiger partial charge in [0.1, 0.15) is 6.23 Å². The van der Waals surface area contributed by atoms with Gasteiger partial charge in [-0.15, -0.1) is 0 Å². The number of hydrogen-bond acceptors (Lipinski definition) is 4. The lowest BCUT2D eigenvalue weighted by atomic mass is 10.2. The fourth-order valence-corrected chi connectivity index (χ4v) is 2.17. The zero-order valence-electron chi connectivity index (χ0n) is 7.93. The van der Waals surface area contributed by atoms with Gasteiger partial charge in [-0.3, -0.25) is 4.57 Å². The summed E-state index contributed by atoms with van der Waals surface area (Å²) in [7, 11) is 0. The molecule has 15 heavy (non-hydrogen) atoms. The third-order valence-corrected chi connectivity index (χ3v) is 3.12. The first-order chi connectivity index (χ1) is 7.20. The molecule has 0 amide bonds. The van der Waals surface area contributed by atoms with E-state index in [-0.39, 0.29) is 12.0 Å². The molecule has 0 bridgehead atoms. The molecule has 2 heterocycles. The van der Waals surface area contributed by atoms with E-state index in [1.165, 1.54) is 6.33 Å². The minimum atomic E-state index is -0.511. The SMILES string of the molecule is O=[N+]([O-])c1ncn(C2CCCCO2)c1Br. The largest absolute Gasteiger partial charge is 0.396 e. The van der Waals surface area contributed by atoms with Gasteiger partial charge in [-0.2, -0.15) is 0 Å². The van der Waals surface area contributed by atoms with Crippen molar-refractivity contribution in [3.8, 4) is 0 Å². The summed E-state index contributed by atoms with van der Waals surface area (Å²) >= 11 is 3.17. The van der Waals surface area contributed by atoms with E-state index in [1.54, 1.807) is 4.57 Å². The highest BCUT2D eigenvalue weighted by molar-refractivity contribution is 9.10. The molecule has 1 aliphatic rings. The molecule has 0 aliphatic carbocycles. The van der Waals surface area contributed by atoms with E-state index < -0.39 is 4.92 Å². The van der Waals surface area contributed by atoms with Gasteiger partial charge in [0.05, 0.1) is 0 Å². The van der Waals surface area contributed by atoms with Crippen molar-refractivity contribution in [3.05, 3.63) is 21.0 Å². The van der Waals surface area contributed by atoms with Crippen molar-refractivity contribution in [1.82, 2.24) is 9.55 Å². The van der Waals surface area contributed by atoms with E-state index >= 15 is 0 Å². The molecule has 1 aromatic rings. The Morgan fingerprint density at radius 1 is 1.67 bits per heavy atom. The highest BCUT2D eigenvalue weighted by atomic mass is 79.9. The van der Waals surface area contributed by atoms with Crippen LogP contribution in [-0.2, 0) is 4.74 Å². The van der Waals surface area contributed by atoms with Gasteiger partial charge in [-0.05, 0) is 45.1 Å². The summed E-state index contributed by atoms with van der Waals surface area (Å²) in [5.41, 5.74) is 0. The number of halogens is 1. The Balaban J connectivity index is 2.24. The van der Waals surface area contributed by atoms with Crippen molar-refractivity contribution < 1.29 is 9.66 Å². The van der Waals surface area contributed by atoms with Gasteiger partial charge < -0.3 is 14.9 Å². The summed E-state index contributed by atoms with van der Waals surface area (Å²) < 4.78 is 7.55. The Labute approximate surface area is 94.5 Å². The number of nitro groups is 1. The molecule has 0 spiro atoms. The van der Waals surface area contributed by atoms with Crippen LogP contribution in [0.3, 0.4) is 0 Å². The van der Waals surface area contributed by atoms with Crippen LogP contribution < -0.4 is 0 Å². The first-order valence-electron chi connectivity index (χ1n) is 4.68. The summed E-state index contributed by atoms with van der Waals surface area (Å²) in [5.74, 6) is -0.163. The second kappa shape index (κ2) is 4.28. The number of nitrogens with zero attached hydrogens (tertiary/aromatic N) is 3. The van der Waals surface area contributed by atoms with Crippen molar-refractivity contribution in [1.29, 1.82) is 0 Å². The molecule has 0 saturated carbocycles. The quantitative estimate of drug-likeness (QED) is 0.613. The van der Waals surface area contributed by atoms with Crippen molar-refractivity contribution in [2.75, 3.05) is 6.61 Å². The summed E-state index contributed by atoms with van der Waals surface area (Å²) in [4.78, 5) is 13.8. The molecule has 1 atom stereocenters. The van der Waals surface area contributed by atoms with Crippen LogP contribution in [-0.4, -0.2) is 21.1 Å². The maximum atomic E-state index is 10.6. The van der Waals surface area contributed by atoms with Gasteiger partial charge in [-0.1, -0.05) is 0 Å². The Kier molecular flexibility index (Phi) is 3.01. The molecular formula is C8H10BrN3O3. The van der Waals surface area contributed by atoms with Gasteiger partial charge >= 0.3 is 5.82 Å². The summed E-state index contributed by atoms with van der Waals surface area (Å²) in [5, 5.41) is 10.6. The first kappa shape index (κ1) is 10.6. The smallest absolute Gasteiger partial charge is 0.358 e. The van der Waals surface area contributed by atoms with E-state index in [2.05, 4.69) is 20.9 Å². The lowest BCUT2D eigenvalue weighted by Gasteiger charge is -2.23. The predicted molar refractivity (Wildman–Crippen MR) is 55.4 cm³/mol. The van der Waals surface area contributed by atoms with E-state index in [4.69, 9.17) is 4.74 Å². The minimum absolute atomic E-state index is 0.130. The minimum Gasteiger partial charge on any atom is -0.358 e. The summed E-state index contributed by atoms with van der Waals surface area (Å²) in [6.07, 6.45) is 4.30. The summed E-state index contributed by atoms with van der Waals surface area (Å²) in [6, 6.07) is 0. The lowest BCUT2D eigenvalue weighted by molar-refractivity contribution is -0.390. The molecule has 0 N–H and O–H groups in total. The van der Waals surface area contributed by atoms with E-state index in [0.717, 1.165) is 19.3 Å². The second-order valence-corrected chi connectivity index (χ2v) is 4.10. The van der Waals surface area contributed by atoms with Crippen molar-refractivity contribution in [2.45, 2.75) is 25.5 Å². The van der Waals surface area contributed by atoms with E-state index in [0.29, 0.717) is 11.2 Å². The Morgan fingerprint density at radius 2 is 2.47 bits per heavy atom. The number of rotatable bonds is 2. The molecule has 1 unspecified atom stereocenters. The number of hydrogen-bond donors (Lipinski definition) is 0. The molecule has 82 valence electrons. The first-order valence-corrected chi connectivity index (χ1v) is 5.48. The number of imidazole rings is 1. The second-order valence-electron chi connectivity index (χ2n) is 3.34. The molecule has 1 saturated heterocycles. The van der Waals surface area contributed by atoms with Crippen LogP contribution in [0.5, 0.6) is 0 Å². The van der Waals surface area contributed by atoms with Crippen molar-refractivity contribution in [2.24, 2.45) is 0 Å². The van der Waals surface area contributed by atoms with Crippen LogP contribution >= 0.6 is 15.9 Å². The van der Waals surface area contributed by atoms with Gasteiger partial charge in [0.15, 0.2) is 4.60 Å². The Hall–Kier alpha value is -0.950. The fourth-order valence-electron chi connectivity index (χ4n) is 1.60. The van der Waals surface area contributed by atoms with E-state index in [9.17, 15) is 10.1 Å².